The molecule has 0 aromatic heterocycles. The molecule has 0 heterocycles. The molecule has 3 unspecified atom stereocenters. The van der Waals surface area contributed by atoms with E-state index in [-0.39, 0.29) is 24.0 Å². The van der Waals surface area contributed by atoms with Crippen molar-refractivity contribution in [3.63, 3.8) is 0 Å². The molecule has 0 aromatic rings. The molecule has 2 N–H and O–H groups in total. The maximum atomic E-state index is 11.3. The Labute approximate surface area is 96.6 Å². The molecule has 4 saturated carbocycles. The third kappa shape index (κ3) is 1.41. The first-order chi connectivity index (χ1) is 7.63. The lowest BCUT2D eigenvalue weighted by Gasteiger charge is -2.60. The average Bonchev–Trinajstić information content (AvgIpc) is 2.22. The summed E-state index contributed by atoms with van der Waals surface area (Å²) in [5.74, 6) is 2.32. The number of carbonyl (C=O) groups is 1. The second kappa shape index (κ2) is 3.46. The molecule has 0 spiro atoms. The van der Waals surface area contributed by atoms with Gasteiger partial charge in [-0.15, -0.1) is 0 Å². The molecule has 4 fully saturated rings. The molecule has 16 heavy (non-hydrogen) atoms. The van der Waals surface area contributed by atoms with Gasteiger partial charge in [0.25, 0.3) is 0 Å². The highest BCUT2D eigenvalue weighted by Gasteiger charge is 2.56. The summed E-state index contributed by atoms with van der Waals surface area (Å²) >= 11 is 0. The summed E-state index contributed by atoms with van der Waals surface area (Å²) < 4.78 is 0. The normalized spacial score (nSPS) is 49.4. The first kappa shape index (κ1) is 10.6. The van der Waals surface area contributed by atoms with Crippen molar-refractivity contribution in [1.29, 1.82) is 0 Å². The predicted molar refractivity (Wildman–Crippen MR) is 60.7 cm³/mol. The van der Waals surface area contributed by atoms with E-state index >= 15 is 0 Å². The Balaban J connectivity index is 1.89. The summed E-state index contributed by atoms with van der Waals surface area (Å²) in [6, 6.07) is 0.239. The van der Waals surface area contributed by atoms with E-state index in [9.17, 15) is 9.90 Å². The number of nitrogens with one attached hydrogen (secondary N) is 1. The zero-order chi connectivity index (χ0) is 11.3. The van der Waals surface area contributed by atoms with Crippen LogP contribution in [-0.4, -0.2) is 23.7 Å². The van der Waals surface area contributed by atoms with E-state index in [4.69, 9.17) is 0 Å². The van der Waals surface area contributed by atoms with Gasteiger partial charge >= 0.3 is 0 Å². The minimum absolute atomic E-state index is 0.0143. The molecule has 3 heteroatoms. The quantitative estimate of drug-likeness (QED) is 0.741. The van der Waals surface area contributed by atoms with Crippen molar-refractivity contribution in [3.8, 4) is 0 Å². The molecule has 90 valence electrons. The fourth-order valence-corrected chi connectivity index (χ4v) is 4.93. The summed E-state index contributed by atoms with van der Waals surface area (Å²) in [6.45, 7) is 1.84. The van der Waals surface area contributed by atoms with Gasteiger partial charge in [0.2, 0.25) is 5.91 Å². The van der Waals surface area contributed by atoms with E-state index < -0.39 is 0 Å². The maximum absolute atomic E-state index is 11.3. The number of aliphatic hydroxyl groups is 1. The minimum Gasteiger partial charge on any atom is -0.396 e. The number of hydrogen-bond acceptors (Lipinski definition) is 2. The van der Waals surface area contributed by atoms with Gasteiger partial charge in [0.1, 0.15) is 0 Å². The van der Waals surface area contributed by atoms with Gasteiger partial charge in [-0.3, -0.25) is 4.79 Å². The zero-order valence-corrected chi connectivity index (χ0v) is 9.91. The van der Waals surface area contributed by atoms with E-state index in [1.165, 1.54) is 19.3 Å². The molecule has 0 aliphatic heterocycles. The second-order valence-corrected chi connectivity index (χ2v) is 6.31. The summed E-state index contributed by atoms with van der Waals surface area (Å²) in [5.41, 5.74) is 0.0143. The summed E-state index contributed by atoms with van der Waals surface area (Å²) in [4.78, 5) is 11.3. The molecule has 4 bridgehead atoms. The van der Waals surface area contributed by atoms with Crippen LogP contribution in [0.15, 0.2) is 0 Å². The van der Waals surface area contributed by atoms with Crippen LogP contribution in [-0.2, 0) is 4.79 Å². The molecular formula is C13H21NO2. The van der Waals surface area contributed by atoms with Crippen molar-refractivity contribution in [2.24, 2.45) is 23.2 Å². The van der Waals surface area contributed by atoms with Crippen molar-refractivity contribution < 1.29 is 9.90 Å². The number of carbonyl (C=O) groups excluding carboxylic acids is 1. The molecule has 4 aliphatic rings. The molecular weight excluding hydrogens is 202 g/mol. The van der Waals surface area contributed by atoms with Crippen LogP contribution in [0, 0.1) is 23.2 Å². The van der Waals surface area contributed by atoms with Crippen LogP contribution in [0.5, 0.6) is 0 Å². The van der Waals surface area contributed by atoms with E-state index in [0.717, 1.165) is 24.7 Å². The lowest BCUT2D eigenvalue weighted by Crippen LogP contribution is -2.63. The lowest BCUT2D eigenvalue weighted by molar-refractivity contribution is -0.134. The van der Waals surface area contributed by atoms with Gasteiger partial charge in [-0.2, -0.15) is 0 Å². The average molecular weight is 223 g/mol. The minimum atomic E-state index is 0.0143. The third-order valence-electron chi connectivity index (χ3n) is 5.13. The van der Waals surface area contributed by atoms with Crippen molar-refractivity contribution in [3.05, 3.63) is 0 Å². The fourth-order valence-electron chi connectivity index (χ4n) is 4.93. The van der Waals surface area contributed by atoms with E-state index in [1.807, 2.05) is 0 Å². The Hall–Kier alpha value is -0.570. The largest absolute Gasteiger partial charge is 0.396 e. The highest BCUT2D eigenvalue weighted by molar-refractivity contribution is 5.73. The van der Waals surface area contributed by atoms with Crippen LogP contribution in [0.4, 0.5) is 0 Å². The van der Waals surface area contributed by atoms with E-state index in [1.54, 1.807) is 6.92 Å². The van der Waals surface area contributed by atoms with Gasteiger partial charge < -0.3 is 10.4 Å². The third-order valence-corrected chi connectivity index (χ3v) is 5.13. The van der Waals surface area contributed by atoms with Gasteiger partial charge in [-0.1, -0.05) is 0 Å². The Kier molecular flexibility index (Phi) is 2.29. The Morgan fingerprint density at radius 3 is 2.44 bits per heavy atom. The standard InChI is InChI=1S/C13H21NO2/c1-8(16)14-12-11-3-9-2-10(4-11)6-13(12,5-9)7-15/h9-12,15H,2-7H2,1H3,(H,14,16). The van der Waals surface area contributed by atoms with Crippen LogP contribution in [0.25, 0.3) is 0 Å². The van der Waals surface area contributed by atoms with Crippen LogP contribution in [0.3, 0.4) is 0 Å². The van der Waals surface area contributed by atoms with Crippen molar-refractivity contribution in [2.75, 3.05) is 6.61 Å². The molecule has 0 saturated heterocycles. The van der Waals surface area contributed by atoms with Gasteiger partial charge in [0.15, 0.2) is 0 Å². The van der Waals surface area contributed by atoms with Crippen molar-refractivity contribution in [1.82, 2.24) is 5.32 Å². The van der Waals surface area contributed by atoms with Gasteiger partial charge in [-0.25, -0.2) is 0 Å². The molecule has 4 aliphatic carbocycles. The smallest absolute Gasteiger partial charge is 0.217 e. The number of rotatable bonds is 2. The Morgan fingerprint density at radius 2 is 1.94 bits per heavy atom. The van der Waals surface area contributed by atoms with Crippen LogP contribution in [0.2, 0.25) is 0 Å². The Morgan fingerprint density at radius 1 is 1.31 bits per heavy atom. The van der Waals surface area contributed by atoms with Crippen LogP contribution in [0.1, 0.15) is 39.0 Å². The van der Waals surface area contributed by atoms with E-state index in [0.29, 0.717) is 5.92 Å². The first-order valence-corrected chi connectivity index (χ1v) is 6.51. The molecule has 4 rings (SSSR count). The second-order valence-electron chi connectivity index (χ2n) is 6.31. The SMILES string of the molecule is CC(=O)NC1C2CC3CC(C2)CC1(CO)C3. The topological polar surface area (TPSA) is 49.3 Å². The highest BCUT2D eigenvalue weighted by atomic mass is 16.3. The lowest BCUT2D eigenvalue weighted by atomic mass is 9.47. The first-order valence-electron chi connectivity index (χ1n) is 6.51. The fraction of sp³-hybridized carbons (Fsp3) is 0.923. The number of aliphatic hydroxyl groups excluding tert-OH is 1. The van der Waals surface area contributed by atoms with Gasteiger partial charge in [0.05, 0.1) is 6.61 Å². The predicted octanol–water partition coefficient (Wildman–Crippen LogP) is 1.31. The molecule has 3 atom stereocenters. The highest BCUT2D eigenvalue weighted by Crippen LogP contribution is 2.59. The summed E-state index contributed by atoms with van der Waals surface area (Å²) in [5, 5.41) is 12.9. The van der Waals surface area contributed by atoms with E-state index in [2.05, 4.69) is 5.32 Å². The Bertz CT molecular complexity index is 301. The molecule has 0 aromatic carbocycles. The summed E-state index contributed by atoms with van der Waals surface area (Å²) in [6.07, 6.45) is 6.15. The molecule has 1 amide bonds. The zero-order valence-electron chi connectivity index (χ0n) is 9.91. The van der Waals surface area contributed by atoms with Crippen LogP contribution >= 0.6 is 0 Å². The van der Waals surface area contributed by atoms with Crippen molar-refractivity contribution in [2.45, 2.75) is 45.1 Å². The molecule has 0 radical (unpaired) electrons. The van der Waals surface area contributed by atoms with Gasteiger partial charge in [-0.05, 0) is 49.9 Å². The van der Waals surface area contributed by atoms with Crippen LogP contribution < -0.4 is 5.32 Å². The maximum Gasteiger partial charge on any atom is 0.217 e. The van der Waals surface area contributed by atoms with Gasteiger partial charge in [0, 0.05) is 18.4 Å². The van der Waals surface area contributed by atoms with Crippen molar-refractivity contribution >= 4 is 5.91 Å². The monoisotopic (exact) mass is 223 g/mol. The number of amides is 1. The molecule has 3 nitrogen and oxygen atoms in total. The summed E-state index contributed by atoms with van der Waals surface area (Å²) in [7, 11) is 0. The number of hydrogen-bond donors (Lipinski definition) is 2.